The Balaban J connectivity index is 2.07. The molecule has 0 spiro atoms. The van der Waals surface area contributed by atoms with Gasteiger partial charge < -0.3 is 14.8 Å². The van der Waals surface area contributed by atoms with Gasteiger partial charge in [0.05, 0.1) is 7.11 Å². The molecule has 0 radical (unpaired) electrons. The van der Waals surface area contributed by atoms with Gasteiger partial charge >= 0.3 is 7.12 Å². The van der Waals surface area contributed by atoms with E-state index >= 15 is 0 Å². The Kier molecular flexibility index (Phi) is 5.06. The van der Waals surface area contributed by atoms with Crippen LogP contribution in [-0.2, 0) is 5.75 Å². The topological polar surface area (TPSA) is 49.7 Å². The molecule has 0 saturated carbocycles. The van der Waals surface area contributed by atoms with Crippen molar-refractivity contribution in [2.24, 2.45) is 0 Å². The highest BCUT2D eigenvalue weighted by Crippen LogP contribution is 2.26. The summed E-state index contributed by atoms with van der Waals surface area (Å²) >= 11 is 1.49. The second-order valence-electron chi connectivity index (χ2n) is 4.19. The monoisotopic (exact) mass is 292 g/mol. The van der Waals surface area contributed by atoms with Crippen molar-refractivity contribution < 1.29 is 19.2 Å². The molecule has 0 saturated heterocycles. The van der Waals surface area contributed by atoms with E-state index in [4.69, 9.17) is 14.8 Å². The predicted octanol–water partition coefficient (Wildman–Crippen LogP) is 1.81. The van der Waals surface area contributed by atoms with Gasteiger partial charge in [-0.25, -0.2) is 4.39 Å². The zero-order valence-electron chi connectivity index (χ0n) is 10.9. The summed E-state index contributed by atoms with van der Waals surface area (Å²) in [6, 6.07) is 11.8. The molecule has 104 valence electrons. The fourth-order valence-electron chi connectivity index (χ4n) is 1.69. The standard InChI is InChI=1S/C14H14BFO3S/c1-19-12-3-2-4-13(8-12)20-9-10-5-6-11(15(17)18)7-14(10)16/h2-8,17-18H,9H2,1H3. The van der Waals surface area contributed by atoms with Crippen LogP contribution in [0.3, 0.4) is 0 Å². The van der Waals surface area contributed by atoms with Gasteiger partial charge in [-0.1, -0.05) is 18.2 Å². The molecule has 0 aromatic heterocycles. The highest BCUT2D eigenvalue weighted by atomic mass is 32.2. The molecule has 0 amide bonds. The summed E-state index contributed by atoms with van der Waals surface area (Å²) in [5.74, 6) is 0.779. The van der Waals surface area contributed by atoms with E-state index in [0.29, 0.717) is 11.3 Å². The normalized spacial score (nSPS) is 10.4. The van der Waals surface area contributed by atoms with Crippen molar-refractivity contribution >= 4 is 24.3 Å². The first-order valence-corrected chi connectivity index (χ1v) is 7.00. The van der Waals surface area contributed by atoms with Gasteiger partial charge in [0, 0.05) is 10.6 Å². The summed E-state index contributed by atoms with van der Waals surface area (Å²) in [6.45, 7) is 0. The Hall–Kier alpha value is -1.50. The van der Waals surface area contributed by atoms with Crippen molar-refractivity contribution in [3.8, 4) is 5.75 Å². The molecule has 0 heterocycles. The highest BCUT2D eigenvalue weighted by molar-refractivity contribution is 7.98. The minimum atomic E-state index is -1.65. The van der Waals surface area contributed by atoms with Crippen LogP contribution >= 0.6 is 11.8 Å². The first-order valence-electron chi connectivity index (χ1n) is 6.01. The summed E-state index contributed by atoms with van der Waals surface area (Å²) in [5.41, 5.74) is 0.667. The van der Waals surface area contributed by atoms with Gasteiger partial charge in [0.15, 0.2) is 0 Å². The zero-order chi connectivity index (χ0) is 14.5. The molecule has 0 fully saturated rings. The molecule has 0 aliphatic rings. The third-order valence-corrected chi connectivity index (χ3v) is 3.85. The number of thioether (sulfide) groups is 1. The Morgan fingerprint density at radius 3 is 2.65 bits per heavy atom. The molecule has 2 aromatic rings. The van der Waals surface area contributed by atoms with E-state index < -0.39 is 12.9 Å². The summed E-state index contributed by atoms with van der Waals surface area (Å²) in [7, 11) is -0.0490. The smallest absolute Gasteiger partial charge is 0.488 e. The highest BCUT2D eigenvalue weighted by Gasteiger charge is 2.13. The molecule has 2 rings (SSSR count). The number of hydrogen-bond acceptors (Lipinski definition) is 4. The molecule has 0 atom stereocenters. The first-order chi connectivity index (χ1) is 9.60. The second-order valence-corrected chi connectivity index (χ2v) is 5.24. The van der Waals surface area contributed by atoms with Crippen LogP contribution in [0.25, 0.3) is 0 Å². The fraction of sp³-hybridized carbons (Fsp3) is 0.143. The lowest BCUT2D eigenvalue weighted by atomic mass is 9.80. The van der Waals surface area contributed by atoms with Crippen molar-refractivity contribution in [2.75, 3.05) is 7.11 Å². The molecule has 0 aliphatic heterocycles. The minimum Gasteiger partial charge on any atom is -0.497 e. The number of halogens is 1. The van der Waals surface area contributed by atoms with Gasteiger partial charge in [-0.15, -0.1) is 11.8 Å². The molecule has 2 N–H and O–H groups in total. The predicted molar refractivity (Wildman–Crippen MR) is 78.8 cm³/mol. The van der Waals surface area contributed by atoms with Crippen molar-refractivity contribution in [1.82, 2.24) is 0 Å². The average molecular weight is 292 g/mol. The quantitative estimate of drug-likeness (QED) is 0.652. The van der Waals surface area contributed by atoms with Gasteiger partial charge in [0.1, 0.15) is 11.6 Å². The summed E-state index contributed by atoms with van der Waals surface area (Å²) in [4.78, 5) is 0.981. The van der Waals surface area contributed by atoms with Crippen LogP contribution in [0, 0.1) is 5.82 Å². The van der Waals surface area contributed by atoms with Crippen LogP contribution in [0.1, 0.15) is 5.56 Å². The van der Waals surface area contributed by atoms with Crippen LogP contribution in [0.15, 0.2) is 47.4 Å². The lowest BCUT2D eigenvalue weighted by Gasteiger charge is -2.07. The van der Waals surface area contributed by atoms with E-state index in [2.05, 4.69) is 0 Å². The van der Waals surface area contributed by atoms with Crippen molar-refractivity contribution in [3.63, 3.8) is 0 Å². The summed E-state index contributed by atoms with van der Waals surface area (Å²) < 4.78 is 18.9. The lowest BCUT2D eigenvalue weighted by molar-refractivity contribution is 0.413. The van der Waals surface area contributed by atoms with Gasteiger partial charge in [-0.05, 0) is 35.3 Å². The Morgan fingerprint density at radius 1 is 1.20 bits per heavy atom. The number of hydrogen-bond donors (Lipinski definition) is 2. The van der Waals surface area contributed by atoms with E-state index in [9.17, 15) is 4.39 Å². The van der Waals surface area contributed by atoms with Gasteiger partial charge in [0.25, 0.3) is 0 Å². The zero-order valence-corrected chi connectivity index (χ0v) is 11.7. The molecule has 3 nitrogen and oxygen atoms in total. The van der Waals surface area contributed by atoms with Gasteiger partial charge in [0.2, 0.25) is 0 Å². The number of benzene rings is 2. The number of methoxy groups -OCH3 is 1. The Bertz CT molecular complexity index is 592. The van der Waals surface area contributed by atoms with Gasteiger partial charge in [-0.2, -0.15) is 0 Å². The SMILES string of the molecule is COc1cccc(SCc2ccc(B(O)O)cc2F)c1. The Labute approximate surface area is 121 Å². The van der Waals surface area contributed by atoms with E-state index in [1.807, 2.05) is 24.3 Å². The number of rotatable bonds is 5. The van der Waals surface area contributed by atoms with Crippen molar-refractivity contribution in [3.05, 3.63) is 53.8 Å². The fourth-order valence-corrected chi connectivity index (χ4v) is 2.62. The molecule has 0 aliphatic carbocycles. The number of ether oxygens (including phenoxy) is 1. The summed E-state index contributed by atoms with van der Waals surface area (Å²) in [5, 5.41) is 17.9. The molecule has 0 unspecified atom stereocenters. The first kappa shape index (κ1) is 14.9. The van der Waals surface area contributed by atoms with E-state index in [1.165, 1.54) is 17.8 Å². The van der Waals surface area contributed by atoms with Crippen LogP contribution in [0.4, 0.5) is 4.39 Å². The maximum Gasteiger partial charge on any atom is 0.488 e. The van der Waals surface area contributed by atoms with Crippen molar-refractivity contribution in [2.45, 2.75) is 10.6 Å². The van der Waals surface area contributed by atoms with Crippen LogP contribution in [0.2, 0.25) is 0 Å². The maximum absolute atomic E-state index is 13.8. The molecule has 0 bridgehead atoms. The van der Waals surface area contributed by atoms with Crippen LogP contribution < -0.4 is 10.2 Å². The van der Waals surface area contributed by atoms with E-state index in [1.54, 1.807) is 13.2 Å². The van der Waals surface area contributed by atoms with Gasteiger partial charge in [-0.3, -0.25) is 0 Å². The second kappa shape index (κ2) is 6.79. The lowest BCUT2D eigenvalue weighted by Crippen LogP contribution is -2.30. The largest absolute Gasteiger partial charge is 0.497 e. The Morgan fingerprint density at radius 2 is 2.00 bits per heavy atom. The minimum absolute atomic E-state index is 0.151. The molecule has 2 aromatic carbocycles. The van der Waals surface area contributed by atoms with E-state index in [-0.39, 0.29) is 5.46 Å². The molecular weight excluding hydrogens is 278 g/mol. The van der Waals surface area contributed by atoms with Crippen LogP contribution in [-0.4, -0.2) is 24.3 Å². The molecule has 20 heavy (non-hydrogen) atoms. The maximum atomic E-state index is 13.8. The van der Waals surface area contributed by atoms with Crippen LogP contribution in [0.5, 0.6) is 5.75 Å². The average Bonchev–Trinajstić information content (AvgIpc) is 2.46. The summed E-state index contributed by atoms with van der Waals surface area (Å²) in [6.07, 6.45) is 0. The third-order valence-electron chi connectivity index (χ3n) is 2.81. The van der Waals surface area contributed by atoms with Crippen molar-refractivity contribution in [1.29, 1.82) is 0 Å². The van der Waals surface area contributed by atoms with E-state index in [0.717, 1.165) is 16.7 Å². The molecular formula is C14H14BFO3S. The molecule has 6 heteroatoms. The third kappa shape index (κ3) is 3.76.